The standard InChI is InChI=1S/C15H18N2O4/c1-19-13-6-5-10(8-12(13)18)15-16-14(17-21-15)9-11-4-2-3-7-20-11/h5-6,8,11,18H,2-4,7,9H2,1H3. The van der Waals surface area contributed by atoms with Crippen LogP contribution >= 0.6 is 0 Å². The molecule has 6 nitrogen and oxygen atoms in total. The van der Waals surface area contributed by atoms with E-state index in [1.165, 1.54) is 13.5 Å². The summed E-state index contributed by atoms with van der Waals surface area (Å²) in [6, 6.07) is 4.99. The van der Waals surface area contributed by atoms with Gasteiger partial charge in [0.2, 0.25) is 0 Å². The number of nitrogens with zero attached hydrogens (tertiary/aromatic N) is 2. The molecule has 0 radical (unpaired) electrons. The number of aromatic hydroxyl groups is 1. The molecule has 1 aromatic carbocycles. The van der Waals surface area contributed by atoms with Crippen LogP contribution in [0.3, 0.4) is 0 Å². The Morgan fingerprint density at radius 2 is 2.29 bits per heavy atom. The molecule has 21 heavy (non-hydrogen) atoms. The summed E-state index contributed by atoms with van der Waals surface area (Å²) in [5.41, 5.74) is 0.664. The summed E-state index contributed by atoms with van der Waals surface area (Å²) in [7, 11) is 1.50. The summed E-state index contributed by atoms with van der Waals surface area (Å²) in [6.45, 7) is 0.807. The lowest BCUT2D eigenvalue weighted by molar-refractivity contribution is 0.0153. The molecule has 1 atom stereocenters. The van der Waals surface area contributed by atoms with Crippen molar-refractivity contribution in [3.05, 3.63) is 24.0 Å². The lowest BCUT2D eigenvalue weighted by atomic mass is 10.1. The lowest BCUT2D eigenvalue weighted by Gasteiger charge is -2.20. The zero-order valence-corrected chi connectivity index (χ0v) is 11.9. The van der Waals surface area contributed by atoms with Crippen LogP contribution in [0.5, 0.6) is 11.5 Å². The van der Waals surface area contributed by atoms with E-state index in [-0.39, 0.29) is 11.9 Å². The van der Waals surface area contributed by atoms with Gasteiger partial charge in [0.1, 0.15) is 0 Å². The number of benzene rings is 1. The first-order chi connectivity index (χ1) is 10.3. The van der Waals surface area contributed by atoms with Gasteiger partial charge in [0.05, 0.1) is 13.2 Å². The minimum Gasteiger partial charge on any atom is -0.504 e. The Balaban J connectivity index is 1.73. The Labute approximate surface area is 122 Å². The van der Waals surface area contributed by atoms with Crippen molar-refractivity contribution in [3.8, 4) is 23.0 Å². The third kappa shape index (κ3) is 3.16. The van der Waals surface area contributed by atoms with Crippen LogP contribution in [0.25, 0.3) is 11.5 Å². The number of phenolic OH excluding ortho intramolecular Hbond substituents is 1. The van der Waals surface area contributed by atoms with Crippen molar-refractivity contribution in [2.24, 2.45) is 0 Å². The highest BCUT2D eigenvalue weighted by atomic mass is 16.5. The van der Waals surface area contributed by atoms with Crippen LogP contribution in [0.15, 0.2) is 22.7 Å². The monoisotopic (exact) mass is 290 g/mol. The summed E-state index contributed by atoms with van der Waals surface area (Å²) >= 11 is 0. The number of methoxy groups -OCH3 is 1. The van der Waals surface area contributed by atoms with E-state index in [0.717, 1.165) is 19.4 Å². The molecule has 1 aliphatic rings. The van der Waals surface area contributed by atoms with Crippen molar-refractivity contribution in [1.29, 1.82) is 0 Å². The number of aromatic nitrogens is 2. The molecular formula is C15H18N2O4. The van der Waals surface area contributed by atoms with Crippen LogP contribution in [0.1, 0.15) is 25.1 Å². The predicted octanol–water partition coefficient (Wildman–Crippen LogP) is 2.56. The van der Waals surface area contributed by atoms with Gasteiger partial charge in [-0.1, -0.05) is 5.16 Å². The fourth-order valence-electron chi connectivity index (χ4n) is 2.45. The van der Waals surface area contributed by atoms with Gasteiger partial charge in [-0.3, -0.25) is 0 Å². The smallest absolute Gasteiger partial charge is 0.258 e. The Hall–Kier alpha value is -2.08. The number of hydrogen-bond donors (Lipinski definition) is 1. The van der Waals surface area contributed by atoms with Crippen molar-refractivity contribution < 1.29 is 19.1 Å². The minimum absolute atomic E-state index is 0.0466. The van der Waals surface area contributed by atoms with Crippen LogP contribution in [-0.4, -0.2) is 35.1 Å². The maximum atomic E-state index is 9.79. The maximum Gasteiger partial charge on any atom is 0.258 e. The molecule has 0 spiro atoms. The van der Waals surface area contributed by atoms with Gasteiger partial charge >= 0.3 is 0 Å². The van der Waals surface area contributed by atoms with Gasteiger partial charge in [-0.05, 0) is 37.5 Å². The largest absolute Gasteiger partial charge is 0.504 e. The van der Waals surface area contributed by atoms with Crippen LogP contribution in [0.4, 0.5) is 0 Å². The summed E-state index contributed by atoms with van der Waals surface area (Å²) < 4.78 is 15.9. The topological polar surface area (TPSA) is 77.6 Å². The van der Waals surface area contributed by atoms with Gasteiger partial charge in [-0.15, -0.1) is 0 Å². The van der Waals surface area contributed by atoms with Crippen molar-refractivity contribution >= 4 is 0 Å². The molecule has 1 fully saturated rings. The van der Waals surface area contributed by atoms with Crippen molar-refractivity contribution in [2.75, 3.05) is 13.7 Å². The van der Waals surface area contributed by atoms with Crippen LogP contribution in [-0.2, 0) is 11.2 Å². The number of phenols is 1. The van der Waals surface area contributed by atoms with Gasteiger partial charge in [-0.25, -0.2) is 0 Å². The van der Waals surface area contributed by atoms with Gasteiger partial charge in [0.15, 0.2) is 17.3 Å². The number of hydrogen-bond acceptors (Lipinski definition) is 6. The molecule has 1 saturated heterocycles. The van der Waals surface area contributed by atoms with E-state index < -0.39 is 0 Å². The predicted molar refractivity (Wildman–Crippen MR) is 75.2 cm³/mol. The van der Waals surface area contributed by atoms with E-state index in [9.17, 15) is 5.11 Å². The van der Waals surface area contributed by atoms with E-state index in [4.69, 9.17) is 14.0 Å². The quantitative estimate of drug-likeness (QED) is 0.932. The number of rotatable bonds is 4. The van der Waals surface area contributed by atoms with Crippen molar-refractivity contribution in [3.63, 3.8) is 0 Å². The lowest BCUT2D eigenvalue weighted by Crippen LogP contribution is -2.21. The SMILES string of the molecule is COc1ccc(-c2nc(CC3CCCCO3)no2)cc1O. The normalized spacial score (nSPS) is 18.6. The molecule has 112 valence electrons. The Morgan fingerprint density at radius 1 is 1.38 bits per heavy atom. The Bertz CT molecular complexity index is 605. The molecule has 3 rings (SSSR count). The van der Waals surface area contributed by atoms with E-state index in [0.29, 0.717) is 29.4 Å². The molecule has 1 unspecified atom stereocenters. The van der Waals surface area contributed by atoms with E-state index in [2.05, 4.69) is 10.1 Å². The highest BCUT2D eigenvalue weighted by Crippen LogP contribution is 2.30. The van der Waals surface area contributed by atoms with Crippen LogP contribution in [0.2, 0.25) is 0 Å². The first-order valence-corrected chi connectivity index (χ1v) is 7.08. The minimum atomic E-state index is 0.0466. The average molecular weight is 290 g/mol. The fraction of sp³-hybridized carbons (Fsp3) is 0.467. The van der Waals surface area contributed by atoms with Crippen LogP contribution < -0.4 is 4.74 Å². The Kier molecular flexibility index (Phi) is 4.06. The highest BCUT2D eigenvalue weighted by Gasteiger charge is 2.18. The highest BCUT2D eigenvalue weighted by molar-refractivity contribution is 5.59. The summed E-state index contributed by atoms with van der Waals surface area (Å²) in [4.78, 5) is 4.36. The molecule has 0 bridgehead atoms. The first kappa shape index (κ1) is 13.9. The van der Waals surface area contributed by atoms with Gasteiger partial charge < -0.3 is 19.1 Å². The van der Waals surface area contributed by atoms with E-state index >= 15 is 0 Å². The molecule has 1 aliphatic heterocycles. The molecule has 0 saturated carbocycles. The maximum absolute atomic E-state index is 9.79. The second-order valence-corrected chi connectivity index (χ2v) is 5.10. The van der Waals surface area contributed by atoms with Gasteiger partial charge in [0, 0.05) is 18.6 Å². The Morgan fingerprint density at radius 3 is 3.00 bits per heavy atom. The van der Waals surface area contributed by atoms with Gasteiger partial charge in [-0.2, -0.15) is 4.98 Å². The third-order valence-corrected chi connectivity index (χ3v) is 3.58. The molecule has 1 N–H and O–H groups in total. The summed E-state index contributed by atoms with van der Waals surface area (Å²) in [6.07, 6.45) is 4.17. The van der Waals surface area contributed by atoms with Crippen molar-refractivity contribution in [2.45, 2.75) is 31.8 Å². The fourth-order valence-corrected chi connectivity index (χ4v) is 2.45. The van der Waals surface area contributed by atoms with E-state index in [1.54, 1.807) is 18.2 Å². The van der Waals surface area contributed by atoms with Crippen molar-refractivity contribution in [1.82, 2.24) is 10.1 Å². The van der Waals surface area contributed by atoms with E-state index in [1.807, 2.05) is 0 Å². The molecule has 2 heterocycles. The molecule has 1 aromatic heterocycles. The molecule has 0 amide bonds. The summed E-state index contributed by atoms with van der Waals surface area (Å²) in [5, 5.41) is 13.8. The zero-order valence-electron chi connectivity index (χ0n) is 11.9. The van der Waals surface area contributed by atoms with Crippen LogP contribution in [0, 0.1) is 0 Å². The van der Waals surface area contributed by atoms with Gasteiger partial charge in [0.25, 0.3) is 5.89 Å². The third-order valence-electron chi connectivity index (χ3n) is 3.58. The second kappa shape index (κ2) is 6.13. The number of ether oxygens (including phenoxy) is 2. The molecule has 2 aromatic rings. The zero-order chi connectivity index (χ0) is 14.7. The summed E-state index contributed by atoms with van der Waals surface area (Å²) in [5.74, 6) is 1.48. The molecule has 6 heteroatoms. The second-order valence-electron chi connectivity index (χ2n) is 5.10. The molecular weight excluding hydrogens is 272 g/mol. The first-order valence-electron chi connectivity index (χ1n) is 7.08. The molecule has 0 aliphatic carbocycles. The average Bonchev–Trinajstić information content (AvgIpc) is 2.97.